The van der Waals surface area contributed by atoms with Crippen LogP contribution in [0.25, 0.3) is 0 Å². The van der Waals surface area contributed by atoms with E-state index in [1.54, 1.807) is 0 Å². The van der Waals surface area contributed by atoms with Gasteiger partial charge in [-0.25, -0.2) is 0 Å². The molecular formula is C15H24N2. The van der Waals surface area contributed by atoms with E-state index in [9.17, 15) is 0 Å². The number of benzene rings is 1. The fraction of sp³-hybridized carbons (Fsp3) is 0.600. The molecule has 1 aromatic carbocycles. The average molecular weight is 232 g/mol. The van der Waals surface area contributed by atoms with Crippen LogP contribution in [0, 0.1) is 0 Å². The van der Waals surface area contributed by atoms with Crippen molar-refractivity contribution in [1.29, 1.82) is 0 Å². The zero-order chi connectivity index (χ0) is 12.1. The second-order valence-corrected chi connectivity index (χ2v) is 5.30. The molecule has 0 bridgehead atoms. The molecule has 0 saturated carbocycles. The Balaban J connectivity index is 1.92. The summed E-state index contributed by atoms with van der Waals surface area (Å²) in [5.41, 5.74) is 2.90. The summed E-state index contributed by atoms with van der Waals surface area (Å²) in [7, 11) is 0. The second kappa shape index (κ2) is 6.18. The highest BCUT2D eigenvalue weighted by Gasteiger charge is 2.14. The third-order valence-corrected chi connectivity index (χ3v) is 3.50. The van der Waals surface area contributed by atoms with Crippen LogP contribution >= 0.6 is 0 Å². The van der Waals surface area contributed by atoms with Gasteiger partial charge in [0.1, 0.15) is 0 Å². The van der Waals surface area contributed by atoms with Gasteiger partial charge in [0.25, 0.3) is 0 Å². The number of hydrogen-bond acceptors (Lipinski definition) is 2. The molecule has 2 rings (SSSR count). The highest BCUT2D eigenvalue weighted by atomic mass is 14.9. The first kappa shape index (κ1) is 12.6. The van der Waals surface area contributed by atoms with Crippen molar-refractivity contribution in [3.05, 3.63) is 35.4 Å². The van der Waals surface area contributed by atoms with Crippen LogP contribution in [-0.2, 0) is 6.54 Å². The Bertz CT molecular complexity index is 323. The molecule has 1 saturated heterocycles. The zero-order valence-corrected chi connectivity index (χ0v) is 11.0. The van der Waals surface area contributed by atoms with Gasteiger partial charge in [0, 0.05) is 12.6 Å². The minimum Gasteiger partial charge on any atom is -0.317 e. The Morgan fingerprint density at radius 1 is 1.18 bits per heavy atom. The monoisotopic (exact) mass is 232 g/mol. The zero-order valence-electron chi connectivity index (χ0n) is 11.0. The van der Waals surface area contributed by atoms with Crippen molar-refractivity contribution in [1.82, 2.24) is 10.6 Å². The summed E-state index contributed by atoms with van der Waals surface area (Å²) in [5, 5.41) is 6.87. The predicted molar refractivity (Wildman–Crippen MR) is 73.3 cm³/mol. The van der Waals surface area contributed by atoms with Crippen LogP contribution in [0.1, 0.15) is 43.7 Å². The maximum absolute atomic E-state index is 3.45. The van der Waals surface area contributed by atoms with E-state index in [2.05, 4.69) is 48.7 Å². The molecule has 0 radical (unpaired) electrons. The Kier molecular flexibility index (Phi) is 4.57. The van der Waals surface area contributed by atoms with E-state index in [1.807, 2.05) is 0 Å². The molecule has 2 heteroatoms. The van der Waals surface area contributed by atoms with Crippen molar-refractivity contribution in [3.8, 4) is 0 Å². The van der Waals surface area contributed by atoms with E-state index in [4.69, 9.17) is 0 Å². The Labute approximate surface area is 105 Å². The molecule has 1 aliphatic heterocycles. The number of rotatable bonds is 4. The highest BCUT2D eigenvalue weighted by Crippen LogP contribution is 2.25. The van der Waals surface area contributed by atoms with Crippen LogP contribution in [0.4, 0.5) is 0 Å². The average Bonchev–Trinajstić information content (AvgIpc) is 2.38. The maximum Gasteiger partial charge on any atom is 0.0207 e. The van der Waals surface area contributed by atoms with Gasteiger partial charge in [-0.05, 0) is 43.0 Å². The van der Waals surface area contributed by atoms with Crippen LogP contribution in [0.2, 0.25) is 0 Å². The summed E-state index contributed by atoms with van der Waals surface area (Å²) in [6, 6.07) is 9.72. The number of hydrogen-bond donors (Lipinski definition) is 2. The predicted octanol–water partition coefficient (Wildman–Crippen LogP) is 2.65. The van der Waals surface area contributed by atoms with Gasteiger partial charge in [0.05, 0.1) is 0 Å². The van der Waals surface area contributed by atoms with Crippen molar-refractivity contribution < 1.29 is 0 Å². The van der Waals surface area contributed by atoms with Gasteiger partial charge in [-0.15, -0.1) is 0 Å². The molecule has 1 aromatic rings. The van der Waals surface area contributed by atoms with Crippen LogP contribution < -0.4 is 10.6 Å². The van der Waals surface area contributed by atoms with Crippen LogP contribution in [0.5, 0.6) is 0 Å². The Morgan fingerprint density at radius 2 is 1.82 bits per heavy atom. The number of piperidine rings is 1. The number of nitrogens with one attached hydrogen (secondary N) is 2. The summed E-state index contributed by atoms with van der Waals surface area (Å²) in [6.45, 7) is 7.68. The van der Waals surface area contributed by atoms with Gasteiger partial charge >= 0.3 is 0 Å². The largest absolute Gasteiger partial charge is 0.317 e. The maximum atomic E-state index is 3.45. The second-order valence-electron chi connectivity index (χ2n) is 5.30. The quantitative estimate of drug-likeness (QED) is 0.834. The van der Waals surface area contributed by atoms with E-state index in [0.717, 1.165) is 12.5 Å². The topological polar surface area (TPSA) is 24.1 Å². The van der Waals surface area contributed by atoms with Gasteiger partial charge in [-0.3, -0.25) is 0 Å². The first-order valence-corrected chi connectivity index (χ1v) is 6.78. The fourth-order valence-electron chi connectivity index (χ4n) is 2.38. The lowest BCUT2D eigenvalue weighted by Gasteiger charge is -2.23. The summed E-state index contributed by atoms with van der Waals surface area (Å²) >= 11 is 0. The van der Waals surface area contributed by atoms with Crippen molar-refractivity contribution in [3.63, 3.8) is 0 Å². The van der Waals surface area contributed by atoms with Gasteiger partial charge in [0.15, 0.2) is 0 Å². The standard InChI is InChI=1S/C15H24N2/c1-12(2)17-11-13-3-5-14(6-4-13)15-7-9-16-10-8-15/h3-6,12,15-17H,7-11H2,1-2H3. The smallest absolute Gasteiger partial charge is 0.0207 e. The molecule has 2 N–H and O–H groups in total. The molecule has 94 valence electrons. The van der Waals surface area contributed by atoms with Crippen molar-refractivity contribution >= 4 is 0 Å². The molecule has 0 spiro atoms. The summed E-state index contributed by atoms with van der Waals surface area (Å²) < 4.78 is 0. The van der Waals surface area contributed by atoms with Crippen molar-refractivity contribution in [2.75, 3.05) is 13.1 Å². The summed E-state index contributed by atoms with van der Waals surface area (Å²) in [6.07, 6.45) is 2.56. The van der Waals surface area contributed by atoms with Crippen LogP contribution in [0.3, 0.4) is 0 Å². The van der Waals surface area contributed by atoms with E-state index in [0.29, 0.717) is 6.04 Å². The molecule has 0 aromatic heterocycles. The normalized spacial score (nSPS) is 17.6. The van der Waals surface area contributed by atoms with Gasteiger partial charge < -0.3 is 10.6 Å². The first-order valence-electron chi connectivity index (χ1n) is 6.78. The SMILES string of the molecule is CC(C)NCc1ccc(C2CCNCC2)cc1. The van der Waals surface area contributed by atoms with Gasteiger partial charge in [0.2, 0.25) is 0 Å². The lowest BCUT2D eigenvalue weighted by Crippen LogP contribution is -2.26. The molecule has 0 atom stereocenters. The fourth-order valence-corrected chi connectivity index (χ4v) is 2.38. The Morgan fingerprint density at radius 3 is 2.41 bits per heavy atom. The molecule has 0 unspecified atom stereocenters. The lowest BCUT2D eigenvalue weighted by atomic mass is 9.90. The highest BCUT2D eigenvalue weighted by molar-refractivity contribution is 5.25. The van der Waals surface area contributed by atoms with E-state index < -0.39 is 0 Å². The summed E-state index contributed by atoms with van der Waals surface area (Å²) in [5.74, 6) is 0.767. The molecule has 1 fully saturated rings. The molecule has 2 nitrogen and oxygen atoms in total. The lowest BCUT2D eigenvalue weighted by molar-refractivity contribution is 0.460. The van der Waals surface area contributed by atoms with Crippen molar-refractivity contribution in [2.45, 2.75) is 45.2 Å². The van der Waals surface area contributed by atoms with E-state index in [1.165, 1.54) is 37.1 Å². The molecule has 1 aliphatic rings. The van der Waals surface area contributed by atoms with Crippen LogP contribution in [-0.4, -0.2) is 19.1 Å². The summed E-state index contributed by atoms with van der Waals surface area (Å²) in [4.78, 5) is 0. The van der Waals surface area contributed by atoms with Gasteiger partial charge in [-0.1, -0.05) is 38.1 Å². The van der Waals surface area contributed by atoms with E-state index >= 15 is 0 Å². The molecule has 0 aliphatic carbocycles. The minimum absolute atomic E-state index is 0.555. The van der Waals surface area contributed by atoms with Gasteiger partial charge in [-0.2, -0.15) is 0 Å². The van der Waals surface area contributed by atoms with Crippen LogP contribution in [0.15, 0.2) is 24.3 Å². The molecule has 17 heavy (non-hydrogen) atoms. The van der Waals surface area contributed by atoms with Crippen molar-refractivity contribution in [2.24, 2.45) is 0 Å². The third kappa shape index (κ3) is 3.83. The third-order valence-electron chi connectivity index (χ3n) is 3.50. The minimum atomic E-state index is 0.555. The molecular weight excluding hydrogens is 208 g/mol. The Hall–Kier alpha value is -0.860. The first-order chi connectivity index (χ1) is 8.25. The molecule has 0 amide bonds. The molecule has 1 heterocycles. The van der Waals surface area contributed by atoms with E-state index in [-0.39, 0.29) is 0 Å².